The Balaban J connectivity index is 1.97. The summed E-state index contributed by atoms with van der Waals surface area (Å²) in [5.74, 6) is 0.659. The number of aromatic nitrogens is 2. The molecule has 0 saturated carbocycles. The third-order valence-electron chi connectivity index (χ3n) is 4.53. The monoisotopic (exact) mass is 477 g/mol. The van der Waals surface area contributed by atoms with Gasteiger partial charge in [-0.2, -0.15) is 0 Å². The highest BCUT2D eigenvalue weighted by molar-refractivity contribution is 9.11. The lowest BCUT2D eigenvalue weighted by Crippen LogP contribution is -2.37. The van der Waals surface area contributed by atoms with Crippen LogP contribution < -0.4 is 10.5 Å². The summed E-state index contributed by atoms with van der Waals surface area (Å²) in [5.41, 5.74) is 2.48. The molecular weight excluding hydrogens is 462 g/mol. The standard InChI is InChI=1S/C19H17Br2N3O2/c1-12-22-18-14(10-13(20)11-15(18)21)19(25)24(12)17-5-3-2-4-16(17)23-6-8-26-9-7-23/h2-5,10-11H,6-9H2,1H3. The topological polar surface area (TPSA) is 47.4 Å². The van der Waals surface area contributed by atoms with Gasteiger partial charge in [0.25, 0.3) is 5.56 Å². The van der Waals surface area contributed by atoms with E-state index in [2.05, 4.69) is 36.8 Å². The summed E-state index contributed by atoms with van der Waals surface area (Å²) in [6.07, 6.45) is 0. The second kappa shape index (κ2) is 7.13. The Kier molecular flexibility index (Phi) is 4.86. The molecule has 0 bridgehead atoms. The molecule has 0 atom stereocenters. The molecule has 26 heavy (non-hydrogen) atoms. The first-order valence-corrected chi connectivity index (χ1v) is 9.95. The van der Waals surface area contributed by atoms with Crippen molar-refractivity contribution >= 4 is 48.5 Å². The van der Waals surface area contributed by atoms with Crippen LogP contribution in [0, 0.1) is 6.92 Å². The normalized spacial score (nSPS) is 14.8. The Labute approximate surface area is 167 Å². The van der Waals surface area contributed by atoms with E-state index in [1.807, 2.05) is 43.3 Å². The third-order valence-corrected chi connectivity index (χ3v) is 5.60. The third kappa shape index (κ3) is 3.08. The summed E-state index contributed by atoms with van der Waals surface area (Å²) < 4.78 is 8.81. The molecule has 5 nitrogen and oxygen atoms in total. The van der Waals surface area contributed by atoms with Crippen molar-refractivity contribution in [1.82, 2.24) is 9.55 Å². The molecule has 1 aliphatic heterocycles. The molecule has 0 aliphatic carbocycles. The number of hydrogen-bond acceptors (Lipinski definition) is 4. The van der Waals surface area contributed by atoms with Crippen LogP contribution in [0.15, 0.2) is 50.1 Å². The molecule has 1 saturated heterocycles. The van der Waals surface area contributed by atoms with Crippen LogP contribution in [-0.2, 0) is 4.74 Å². The Morgan fingerprint density at radius 2 is 1.77 bits per heavy atom. The molecule has 4 rings (SSSR count). The van der Waals surface area contributed by atoms with Gasteiger partial charge in [-0.05, 0) is 47.1 Å². The van der Waals surface area contributed by atoms with Crippen LogP contribution in [0.2, 0.25) is 0 Å². The minimum atomic E-state index is -0.0739. The lowest BCUT2D eigenvalue weighted by molar-refractivity contribution is 0.122. The minimum absolute atomic E-state index is 0.0739. The van der Waals surface area contributed by atoms with Crippen LogP contribution in [0.1, 0.15) is 5.82 Å². The molecule has 7 heteroatoms. The molecule has 0 amide bonds. The predicted octanol–water partition coefficient (Wildman–Crippen LogP) is 4.06. The number of hydrogen-bond donors (Lipinski definition) is 0. The van der Waals surface area contributed by atoms with Gasteiger partial charge in [0.1, 0.15) is 5.82 Å². The molecule has 3 aromatic rings. The van der Waals surface area contributed by atoms with Crippen LogP contribution in [-0.4, -0.2) is 35.9 Å². The molecule has 0 radical (unpaired) electrons. The average Bonchev–Trinajstić information content (AvgIpc) is 2.64. The second-order valence-electron chi connectivity index (χ2n) is 6.17. The number of ether oxygens (including phenoxy) is 1. The van der Waals surface area contributed by atoms with Gasteiger partial charge in [0.2, 0.25) is 0 Å². The van der Waals surface area contributed by atoms with Crippen LogP contribution in [0.25, 0.3) is 16.6 Å². The van der Waals surface area contributed by atoms with Gasteiger partial charge in [0, 0.05) is 22.0 Å². The lowest BCUT2D eigenvalue weighted by atomic mass is 10.2. The first-order valence-electron chi connectivity index (χ1n) is 8.37. The molecule has 2 aromatic carbocycles. The number of halogens is 2. The van der Waals surface area contributed by atoms with Gasteiger partial charge >= 0.3 is 0 Å². The second-order valence-corrected chi connectivity index (χ2v) is 7.94. The number of nitrogens with zero attached hydrogens (tertiary/aromatic N) is 3. The molecule has 0 spiro atoms. The summed E-state index contributed by atoms with van der Waals surface area (Å²) in [5, 5.41) is 0.577. The van der Waals surface area contributed by atoms with Gasteiger partial charge in [-0.25, -0.2) is 4.98 Å². The van der Waals surface area contributed by atoms with Crippen molar-refractivity contribution in [1.29, 1.82) is 0 Å². The van der Waals surface area contributed by atoms with Crippen LogP contribution >= 0.6 is 31.9 Å². The van der Waals surface area contributed by atoms with E-state index in [1.165, 1.54) is 0 Å². The number of anilines is 1. The van der Waals surface area contributed by atoms with E-state index in [9.17, 15) is 4.79 Å². The fraction of sp³-hybridized carbons (Fsp3) is 0.263. The fourth-order valence-corrected chi connectivity index (χ4v) is 4.64. The highest BCUT2D eigenvalue weighted by Gasteiger charge is 2.19. The summed E-state index contributed by atoms with van der Waals surface area (Å²) in [6, 6.07) is 11.7. The number of fused-ring (bicyclic) bond motifs is 1. The molecule has 1 fully saturated rings. The number of para-hydroxylation sites is 2. The predicted molar refractivity (Wildman–Crippen MR) is 111 cm³/mol. The molecule has 1 aliphatic rings. The highest BCUT2D eigenvalue weighted by atomic mass is 79.9. The lowest BCUT2D eigenvalue weighted by Gasteiger charge is -2.31. The molecule has 2 heterocycles. The zero-order valence-electron chi connectivity index (χ0n) is 14.2. The van der Waals surface area contributed by atoms with Crippen LogP contribution in [0.4, 0.5) is 5.69 Å². The van der Waals surface area contributed by atoms with Crippen LogP contribution in [0.3, 0.4) is 0 Å². The van der Waals surface area contributed by atoms with E-state index >= 15 is 0 Å². The number of benzene rings is 2. The maximum Gasteiger partial charge on any atom is 0.266 e. The van der Waals surface area contributed by atoms with Gasteiger partial charge in [-0.15, -0.1) is 0 Å². The number of morpholine rings is 1. The Morgan fingerprint density at radius 1 is 1.08 bits per heavy atom. The van der Waals surface area contributed by atoms with Gasteiger partial charge in [0.15, 0.2) is 0 Å². The van der Waals surface area contributed by atoms with Crippen LogP contribution in [0.5, 0.6) is 0 Å². The Hall–Kier alpha value is -1.70. The first-order chi connectivity index (χ1) is 12.6. The Morgan fingerprint density at radius 3 is 2.50 bits per heavy atom. The summed E-state index contributed by atoms with van der Waals surface area (Å²) in [4.78, 5) is 20.3. The van der Waals surface area contributed by atoms with E-state index in [1.54, 1.807) is 4.57 Å². The van der Waals surface area contributed by atoms with E-state index in [0.29, 0.717) is 29.9 Å². The van der Waals surface area contributed by atoms with Crippen molar-refractivity contribution in [3.05, 3.63) is 61.5 Å². The van der Waals surface area contributed by atoms with Gasteiger partial charge in [-0.3, -0.25) is 9.36 Å². The molecular formula is C19H17Br2N3O2. The van der Waals surface area contributed by atoms with Crippen molar-refractivity contribution in [3.63, 3.8) is 0 Å². The molecule has 0 unspecified atom stereocenters. The first kappa shape index (κ1) is 17.7. The smallest absolute Gasteiger partial charge is 0.266 e. The number of rotatable bonds is 2. The zero-order chi connectivity index (χ0) is 18.3. The van der Waals surface area contributed by atoms with Gasteiger partial charge < -0.3 is 9.64 Å². The van der Waals surface area contributed by atoms with Crippen molar-refractivity contribution in [2.24, 2.45) is 0 Å². The van der Waals surface area contributed by atoms with Crippen molar-refractivity contribution in [2.45, 2.75) is 6.92 Å². The molecule has 0 N–H and O–H groups in total. The van der Waals surface area contributed by atoms with Gasteiger partial charge in [0.05, 0.1) is 35.5 Å². The van der Waals surface area contributed by atoms with E-state index in [-0.39, 0.29) is 5.56 Å². The maximum atomic E-state index is 13.3. The molecule has 1 aromatic heterocycles. The molecule has 134 valence electrons. The highest BCUT2D eigenvalue weighted by Crippen LogP contribution is 2.28. The van der Waals surface area contributed by atoms with Crippen molar-refractivity contribution in [2.75, 3.05) is 31.2 Å². The average molecular weight is 479 g/mol. The largest absolute Gasteiger partial charge is 0.378 e. The quantitative estimate of drug-likeness (QED) is 0.557. The SMILES string of the molecule is Cc1nc2c(Br)cc(Br)cc2c(=O)n1-c1ccccc1N1CCOCC1. The summed E-state index contributed by atoms with van der Waals surface area (Å²) in [6.45, 7) is 4.87. The van der Waals surface area contributed by atoms with Gasteiger partial charge in [-0.1, -0.05) is 28.1 Å². The van der Waals surface area contributed by atoms with Crippen molar-refractivity contribution < 1.29 is 4.74 Å². The van der Waals surface area contributed by atoms with Crippen molar-refractivity contribution in [3.8, 4) is 5.69 Å². The minimum Gasteiger partial charge on any atom is -0.378 e. The zero-order valence-corrected chi connectivity index (χ0v) is 17.4. The summed E-state index contributed by atoms with van der Waals surface area (Å²) >= 11 is 6.98. The summed E-state index contributed by atoms with van der Waals surface area (Å²) in [7, 11) is 0. The number of aryl methyl sites for hydroxylation is 1. The Bertz CT molecular complexity index is 1040. The van der Waals surface area contributed by atoms with E-state index in [0.717, 1.165) is 33.4 Å². The van der Waals surface area contributed by atoms with E-state index < -0.39 is 0 Å². The fourth-order valence-electron chi connectivity index (χ4n) is 3.33. The maximum absolute atomic E-state index is 13.3. The van der Waals surface area contributed by atoms with E-state index in [4.69, 9.17) is 9.72 Å².